The van der Waals surface area contributed by atoms with Gasteiger partial charge in [0.05, 0.1) is 24.7 Å². The molecule has 3 rings (SSSR count). The largest absolute Gasteiger partial charge is 0.466 e. The van der Waals surface area contributed by atoms with Crippen LogP contribution in [0.25, 0.3) is 0 Å². The predicted octanol–water partition coefficient (Wildman–Crippen LogP) is 2.74. The van der Waals surface area contributed by atoms with Crippen LogP contribution in [0.1, 0.15) is 51.0 Å². The Balaban J connectivity index is 1.51. The van der Waals surface area contributed by atoms with E-state index in [2.05, 4.69) is 52.4 Å². The number of ether oxygens (including phenoxy) is 1. The number of allylic oxidation sites excluding steroid dienone is 1. The monoisotopic (exact) mass is 370 g/mol. The Morgan fingerprint density at radius 1 is 1.33 bits per heavy atom. The van der Waals surface area contributed by atoms with Crippen LogP contribution in [0.4, 0.5) is 0 Å². The summed E-state index contributed by atoms with van der Waals surface area (Å²) in [7, 11) is 0. The molecular weight excluding hydrogens is 338 g/mol. The highest BCUT2D eigenvalue weighted by Crippen LogP contribution is 2.28. The molecule has 0 aliphatic carbocycles. The van der Waals surface area contributed by atoms with Gasteiger partial charge in [-0.3, -0.25) is 20.4 Å². The third-order valence-electron chi connectivity index (χ3n) is 5.56. The molecule has 3 N–H and O–H groups in total. The summed E-state index contributed by atoms with van der Waals surface area (Å²) in [5.41, 5.74) is 7.78. The topological polar surface area (TPSA) is 67.4 Å². The Bertz CT molecular complexity index is 684. The van der Waals surface area contributed by atoms with E-state index < -0.39 is 0 Å². The average molecular weight is 371 g/mol. The molecule has 2 aliphatic rings. The zero-order valence-corrected chi connectivity index (χ0v) is 16.3. The van der Waals surface area contributed by atoms with Gasteiger partial charge in [-0.1, -0.05) is 42.5 Å². The van der Waals surface area contributed by atoms with Crippen LogP contribution < -0.4 is 11.1 Å². The maximum Gasteiger partial charge on any atom is 0.344 e. The normalized spacial score (nSPS) is 24.7. The number of carbonyl (C=O) groups is 1. The Labute approximate surface area is 162 Å². The number of nitrogens with zero attached hydrogens (tertiary/aromatic N) is 1. The van der Waals surface area contributed by atoms with Gasteiger partial charge in [0.25, 0.3) is 0 Å². The number of guanidine groups is 1. The zero-order chi connectivity index (χ0) is 19.1. The quantitative estimate of drug-likeness (QED) is 0.419. The minimum atomic E-state index is -0.131. The summed E-state index contributed by atoms with van der Waals surface area (Å²) in [5.74, 6) is 0.676. The number of benzene rings is 1. The van der Waals surface area contributed by atoms with Crippen molar-refractivity contribution in [1.29, 1.82) is 0 Å². The van der Waals surface area contributed by atoms with Gasteiger partial charge in [-0.25, -0.2) is 0 Å². The van der Waals surface area contributed by atoms with Gasteiger partial charge >= 0.3 is 11.9 Å². The van der Waals surface area contributed by atoms with Gasteiger partial charge < -0.3 is 4.74 Å². The number of hydrogen-bond acceptors (Lipinski definition) is 4. The first-order valence-electron chi connectivity index (χ1n) is 10.2. The highest BCUT2D eigenvalue weighted by molar-refractivity contribution is 5.74. The number of nitrogens with two attached hydrogens (primary N) is 1. The molecule has 1 fully saturated rings. The fourth-order valence-corrected chi connectivity index (χ4v) is 4.29. The number of carbonyl (C=O) groups excluding carboxylic acids is 1. The van der Waals surface area contributed by atoms with Gasteiger partial charge in [-0.05, 0) is 44.6 Å². The minimum absolute atomic E-state index is 0.131. The van der Waals surface area contributed by atoms with Crippen LogP contribution in [0.3, 0.4) is 0 Å². The van der Waals surface area contributed by atoms with Crippen molar-refractivity contribution >= 4 is 11.9 Å². The summed E-state index contributed by atoms with van der Waals surface area (Å²) in [5, 5.41) is 3.45. The molecule has 27 heavy (non-hydrogen) atoms. The van der Waals surface area contributed by atoms with Crippen molar-refractivity contribution in [2.75, 3.05) is 6.61 Å². The first kappa shape index (κ1) is 19.5. The van der Waals surface area contributed by atoms with E-state index in [0.29, 0.717) is 31.5 Å². The maximum absolute atomic E-state index is 11.4. The lowest BCUT2D eigenvalue weighted by atomic mass is 10.0. The van der Waals surface area contributed by atoms with Gasteiger partial charge in [0, 0.05) is 12.8 Å². The summed E-state index contributed by atoms with van der Waals surface area (Å²) in [6.07, 6.45) is 11.1. The molecule has 2 heterocycles. The SMILES string of the molecule is CCOC(=O)CC/C=C/[C@H]1C[C@H]2CC[C@H](CCc3ccccc3)[N+]2=C(N)N1. The van der Waals surface area contributed by atoms with Crippen molar-refractivity contribution in [3.63, 3.8) is 0 Å². The molecule has 0 radical (unpaired) electrons. The van der Waals surface area contributed by atoms with Crippen LogP contribution >= 0.6 is 0 Å². The number of esters is 1. The molecule has 1 aromatic rings. The molecular formula is C22H32N3O2+. The second-order valence-electron chi connectivity index (χ2n) is 7.46. The van der Waals surface area contributed by atoms with Crippen molar-refractivity contribution in [3.05, 3.63) is 48.0 Å². The Hall–Kier alpha value is -2.30. The number of hydrogen-bond donors (Lipinski definition) is 2. The molecule has 1 saturated heterocycles. The van der Waals surface area contributed by atoms with Crippen LogP contribution in [0.15, 0.2) is 42.5 Å². The lowest BCUT2D eigenvalue weighted by Crippen LogP contribution is -2.54. The molecule has 5 nitrogen and oxygen atoms in total. The third kappa shape index (κ3) is 5.34. The maximum atomic E-state index is 11.4. The van der Waals surface area contributed by atoms with E-state index in [4.69, 9.17) is 10.5 Å². The lowest BCUT2D eigenvalue weighted by Gasteiger charge is -2.27. The smallest absolute Gasteiger partial charge is 0.344 e. The second kappa shape index (κ2) is 9.58. The van der Waals surface area contributed by atoms with Crippen LogP contribution in [-0.2, 0) is 16.0 Å². The molecule has 1 aromatic carbocycles. The van der Waals surface area contributed by atoms with E-state index in [-0.39, 0.29) is 12.0 Å². The molecule has 0 unspecified atom stereocenters. The van der Waals surface area contributed by atoms with E-state index in [9.17, 15) is 4.79 Å². The van der Waals surface area contributed by atoms with E-state index in [1.165, 1.54) is 18.4 Å². The summed E-state index contributed by atoms with van der Waals surface area (Å²) >= 11 is 0. The second-order valence-corrected chi connectivity index (χ2v) is 7.46. The van der Waals surface area contributed by atoms with Crippen molar-refractivity contribution in [2.45, 2.75) is 70.0 Å². The van der Waals surface area contributed by atoms with E-state index in [1.54, 1.807) is 0 Å². The van der Waals surface area contributed by atoms with E-state index in [1.807, 2.05) is 6.92 Å². The molecule has 5 heteroatoms. The predicted molar refractivity (Wildman–Crippen MR) is 108 cm³/mol. The van der Waals surface area contributed by atoms with Crippen LogP contribution in [-0.4, -0.2) is 41.2 Å². The summed E-state index contributed by atoms with van der Waals surface area (Å²) in [6.45, 7) is 2.28. The lowest BCUT2D eigenvalue weighted by molar-refractivity contribution is -0.587. The highest BCUT2D eigenvalue weighted by Gasteiger charge is 2.39. The number of aryl methyl sites for hydroxylation is 1. The average Bonchev–Trinajstić information content (AvgIpc) is 3.08. The van der Waals surface area contributed by atoms with E-state index in [0.717, 1.165) is 25.2 Å². The molecule has 0 aromatic heterocycles. The van der Waals surface area contributed by atoms with Gasteiger partial charge in [0.15, 0.2) is 0 Å². The van der Waals surface area contributed by atoms with Crippen LogP contribution in [0, 0.1) is 0 Å². The van der Waals surface area contributed by atoms with Crippen LogP contribution in [0.2, 0.25) is 0 Å². The molecule has 3 atom stereocenters. The van der Waals surface area contributed by atoms with Gasteiger partial charge in [0.2, 0.25) is 0 Å². The van der Waals surface area contributed by atoms with Gasteiger partial charge in [-0.2, -0.15) is 0 Å². The first-order valence-corrected chi connectivity index (χ1v) is 10.2. The third-order valence-corrected chi connectivity index (χ3v) is 5.56. The van der Waals surface area contributed by atoms with Crippen molar-refractivity contribution in [1.82, 2.24) is 5.32 Å². The number of rotatable bonds is 8. The highest BCUT2D eigenvalue weighted by atomic mass is 16.5. The van der Waals surface area contributed by atoms with Crippen LogP contribution in [0.5, 0.6) is 0 Å². The Morgan fingerprint density at radius 2 is 2.15 bits per heavy atom. The Morgan fingerprint density at radius 3 is 2.93 bits per heavy atom. The fraction of sp³-hybridized carbons (Fsp3) is 0.545. The fourth-order valence-electron chi connectivity index (χ4n) is 4.29. The molecule has 146 valence electrons. The summed E-state index contributed by atoms with van der Waals surface area (Å²) in [6, 6.07) is 12.0. The Kier molecular flexibility index (Phi) is 6.91. The van der Waals surface area contributed by atoms with Crippen molar-refractivity contribution in [3.8, 4) is 0 Å². The number of nitrogens with one attached hydrogen (secondary N) is 1. The van der Waals surface area contributed by atoms with Gasteiger partial charge in [0.1, 0.15) is 0 Å². The zero-order valence-electron chi connectivity index (χ0n) is 16.3. The van der Waals surface area contributed by atoms with Crippen molar-refractivity contribution in [2.24, 2.45) is 5.73 Å². The summed E-state index contributed by atoms with van der Waals surface area (Å²) in [4.78, 5) is 11.4. The number of fused-ring (bicyclic) bond motifs is 1. The van der Waals surface area contributed by atoms with Gasteiger partial charge in [-0.15, -0.1) is 0 Å². The molecule has 2 aliphatic heterocycles. The van der Waals surface area contributed by atoms with E-state index >= 15 is 0 Å². The molecule has 0 saturated carbocycles. The first-order chi connectivity index (χ1) is 13.2. The minimum Gasteiger partial charge on any atom is -0.466 e. The summed E-state index contributed by atoms with van der Waals surface area (Å²) < 4.78 is 7.36. The standard InChI is InChI=1S/C22H31N3O2/c1-2-27-21(26)11-7-6-10-18-16-20-15-14-19(25(20)22(23)24-18)13-12-17-8-4-3-5-9-17/h3-6,8-10,18-20H,2,7,11-16H2,1H3,(H2,23,24)/p+1/b10-6+/t18-,19-,20+/m0/s1. The molecule has 0 amide bonds. The molecule has 0 spiro atoms. The molecule has 0 bridgehead atoms. The van der Waals surface area contributed by atoms with Crippen molar-refractivity contribution < 1.29 is 14.1 Å².